The summed E-state index contributed by atoms with van der Waals surface area (Å²) in [4.78, 5) is 22.2. The maximum Gasteiger partial charge on any atom is 0.331 e. The Morgan fingerprint density at radius 2 is 1.80 bits per heavy atom. The minimum Gasteiger partial charge on any atom is -0.462 e. The molecule has 2 N–H and O–H groups in total. The average molecular weight is 213 g/mol. The third-order valence-electron chi connectivity index (χ3n) is 1.74. The summed E-state index contributed by atoms with van der Waals surface area (Å²) in [6.07, 6.45) is 1.18. The Kier molecular flexibility index (Phi) is 5.67. The van der Waals surface area contributed by atoms with Crippen molar-refractivity contribution in [3.8, 4) is 0 Å². The zero-order valence-corrected chi connectivity index (χ0v) is 9.74. The zero-order chi connectivity index (χ0) is 12.0. The second kappa shape index (κ2) is 6.22. The molecule has 0 spiro atoms. The van der Waals surface area contributed by atoms with E-state index in [-0.39, 0.29) is 11.8 Å². The van der Waals surface area contributed by atoms with Gasteiger partial charge in [0, 0.05) is 11.6 Å². The van der Waals surface area contributed by atoms with Crippen LogP contribution in [0.3, 0.4) is 0 Å². The summed E-state index contributed by atoms with van der Waals surface area (Å²) in [6, 6.07) is 0. The Labute approximate surface area is 90.5 Å². The molecule has 1 amide bonds. The van der Waals surface area contributed by atoms with Gasteiger partial charge in [-0.25, -0.2) is 4.79 Å². The van der Waals surface area contributed by atoms with Crippen LogP contribution < -0.4 is 5.73 Å². The number of rotatable bonds is 5. The topological polar surface area (TPSA) is 69.4 Å². The van der Waals surface area contributed by atoms with Crippen molar-refractivity contribution in [3.63, 3.8) is 0 Å². The number of primary amides is 1. The molecule has 0 aromatic rings. The maximum absolute atomic E-state index is 11.3. The van der Waals surface area contributed by atoms with Crippen LogP contribution in [0.4, 0.5) is 0 Å². The Bertz CT molecular complexity index is 267. The largest absolute Gasteiger partial charge is 0.462 e. The molecule has 0 aromatic heterocycles. The van der Waals surface area contributed by atoms with E-state index in [2.05, 4.69) is 0 Å². The lowest BCUT2D eigenvalue weighted by Gasteiger charge is -2.08. The van der Waals surface area contributed by atoms with E-state index < -0.39 is 11.9 Å². The van der Waals surface area contributed by atoms with E-state index in [1.54, 1.807) is 13.8 Å². The van der Waals surface area contributed by atoms with E-state index in [4.69, 9.17) is 10.5 Å². The molecule has 0 atom stereocenters. The number of amides is 1. The Morgan fingerprint density at radius 3 is 2.13 bits per heavy atom. The second-order valence-corrected chi connectivity index (χ2v) is 4.14. The number of hydrogen-bond acceptors (Lipinski definition) is 3. The minimum absolute atomic E-state index is 0.0749. The molecule has 0 unspecified atom stereocenters. The standard InChI is InChI=1S/C11H19NO3/c1-7(2)6-15-10(13)5-9(8(3)4)11(12)14/h5,7-8H,6H2,1-4H3,(H2,12,14)/b9-5-. The molecule has 0 bridgehead atoms. The van der Waals surface area contributed by atoms with Crippen molar-refractivity contribution < 1.29 is 14.3 Å². The molecule has 0 saturated carbocycles. The van der Waals surface area contributed by atoms with Crippen molar-refractivity contribution in [2.45, 2.75) is 27.7 Å². The van der Waals surface area contributed by atoms with Gasteiger partial charge in [0.25, 0.3) is 0 Å². The first-order chi connectivity index (χ1) is 6.84. The summed E-state index contributed by atoms with van der Waals surface area (Å²) >= 11 is 0. The molecule has 0 heterocycles. The molecule has 0 aromatic carbocycles. The highest BCUT2D eigenvalue weighted by molar-refractivity contribution is 5.98. The number of nitrogens with two attached hydrogens (primary N) is 1. The summed E-state index contributed by atoms with van der Waals surface area (Å²) in [7, 11) is 0. The first-order valence-electron chi connectivity index (χ1n) is 5.02. The molecule has 0 radical (unpaired) electrons. The molecule has 0 rings (SSSR count). The summed E-state index contributed by atoms with van der Waals surface area (Å²) in [5.74, 6) is -0.884. The van der Waals surface area contributed by atoms with E-state index in [1.807, 2.05) is 13.8 Å². The third-order valence-corrected chi connectivity index (χ3v) is 1.74. The van der Waals surface area contributed by atoms with Crippen LogP contribution in [-0.2, 0) is 14.3 Å². The fraction of sp³-hybridized carbons (Fsp3) is 0.636. The molecule has 15 heavy (non-hydrogen) atoms. The van der Waals surface area contributed by atoms with Gasteiger partial charge in [0.1, 0.15) is 0 Å². The number of carbonyl (C=O) groups excluding carboxylic acids is 2. The van der Waals surface area contributed by atoms with Gasteiger partial charge in [-0.1, -0.05) is 27.7 Å². The predicted molar refractivity (Wildman–Crippen MR) is 57.9 cm³/mol. The van der Waals surface area contributed by atoms with Gasteiger partial charge in [0.2, 0.25) is 5.91 Å². The van der Waals surface area contributed by atoms with E-state index in [0.29, 0.717) is 12.2 Å². The number of carbonyl (C=O) groups is 2. The van der Waals surface area contributed by atoms with Crippen molar-refractivity contribution in [2.75, 3.05) is 6.61 Å². The Balaban J connectivity index is 4.42. The van der Waals surface area contributed by atoms with Crippen LogP contribution in [0.2, 0.25) is 0 Å². The molecule has 0 saturated heterocycles. The molecule has 4 heteroatoms. The van der Waals surface area contributed by atoms with Gasteiger partial charge in [-0.15, -0.1) is 0 Å². The van der Waals surface area contributed by atoms with Gasteiger partial charge < -0.3 is 10.5 Å². The number of hydrogen-bond donors (Lipinski definition) is 1. The molecule has 0 fully saturated rings. The van der Waals surface area contributed by atoms with Crippen LogP contribution in [0.1, 0.15) is 27.7 Å². The van der Waals surface area contributed by atoms with Crippen molar-refractivity contribution in [3.05, 3.63) is 11.6 Å². The smallest absolute Gasteiger partial charge is 0.331 e. The lowest BCUT2D eigenvalue weighted by molar-refractivity contribution is -0.139. The summed E-state index contributed by atoms with van der Waals surface area (Å²) in [5, 5.41) is 0. The SMILES string of the molecule is CC(C)COC(=O)/C=C(\C(N)=O)C(C)C. The number of ether oxygens (including phenoxy) is 1. The lowest BCUT2D eigenvalue weighted by atomic mass is 10.0. The molecule has 0 aliphatic carbocycles. The minimum atomic E-state index is -0.577. The van der Waals surface area contributed by atoms with Gasteiger partial charge in [-0.2, -0.15) is 0 Å². The van der Waals surface area contributed by atoms with Crippen molar-refractivity contribution >= 4 is 11.9 Å². The predicted octanol–water partition coefficient (Wildman–Crippen LogP) is 1.25. The van der Waals surface area contributed by atoms with Gasteiger partial charge >= 0.3 is 5.97 Å². The fourth-order valence-electron chi connectivity index (χ4n) is 0.940. The first-order valence-corrected chi connectivity index (χ1v) is 5.02. The van der Waals surface area contributed by atoms with E-state index in [9.17, 15) is 9.59 Å². The monoisotopic (exact) mass is 213 g/mol. The van der Waals surface area contributed by atoms with Crippen LogP contribution >= 0.6 is 0 Å². The van der Waals surface area contributed by atoms with Crippen LogP contribution in [-0.4, -0.2) is 18.5 Å². The van der Waals surface area contributed by atoms with Crippen molar-refractivity contribution in [1.29, 1.82) is 0 Å². The van der Waals surface area contributed by atoms with Crippen LogP contribution in [0.15, 0.2) is 11.6 Å². The highest BCUT2D eigenvalue weighted by Crippen LogP contribution is 2.08. The van der Waals surface area contributed by atoms with Crippen LogP contribution in [0.25, 0.3) is 0 Å². The van der Waals surface area contributed by atoms with Crippen molar-refractivity contribution in [2.24, 2.45) is 17.6 Å². The van der Waals surface area contributed by atoms with E-state index in [0.717, 1.165) is 0 Å². The normalized spacial score (nSPS) is 12.0. The molecule has 0 aliphatic rings. The Morgan fingerprint density at radius 1 is 1.27 bits per heavy atom. The van der Waals surface area contributed by atoms with Gasteiger partial charge in [-0.3, -0.25) is 4.79 Å². The molecular formula is C11H19NO3. The molecule has 86 valence electrons. The molecular weight excluding hydrogens is 194 g/mol. The summed E-state index contributed by atoms with van der Waals surface area (Å²) < 4.78 is 4.91. The first kappa shape index (κ1) is 13.7. The van der Waals surface area contributed by atoms with Crippen molar-refractivity contribution in [1.82, 2.24) is 0 Å². The zero-order valence-electron chi connectivity index (χ0n) is 9.74. The fourth-order valence-corrected chi connectivity index (χ4v) is 0.940. The Hall–Kier alpha value is -1.32. The van der Waals surface area contributed by atoms with E-state index in [1.165, 1.54) is 6.08 Å². The summed E-state index contributed by atoms with van der Waals surface area (Å²) in [5.41, 5.74) is 5.42. The lowest BCUT2D eigenvalue weighted by Crippen LogP contribution is -2.20. The number of esters is 1. The van der Waals surface area contributed by atoms with Gasteiger partial charge in [-0.05, 0) is 11.8 Å². The quantitative estimate of drug-likeness (QED) is 0.552. The highest BCUT2D eigenvalue weighted by Gasteiger charge is 2.12. The third kappa shape index (κ3) is 5.88. The highest BCUT2D eigenvalue weighted by atomic mass is 16.5. The molecule has 4 nitrogen and oxygen atoms in total. The van der Waals surface area contributed by atoms with Gasteiger partial charge in [0.15, 0.2) is 0 Å². The van der Waals surface area contributed by atoms with Crippen LogP contribution in [0, 0.1) is 11.8 Å². The maximum atomic E-state index is 11.3. The van der Waals surface area contributed by atoms with Crippen LogP contribution in [0.5, 0.6) is 0 Å². The summed E-state index contributed by atoms with van der Waals surface area (Å²) in [6.45, 7) is 7.82. The average Bonchev–Trinajstić information content (AvgIpc) is 2.09. The molecule has 0 aliphatic heterocycles. The second-order valence-electron chi connectivity index (χ2n) is 4.14. The van der Waals surface area contributed by atoms with Gasteiger partial charge in [0.05, 0.1) is 6.61 Å². The van der Waals surface area contributed by atoms with E-state index >= 15 is 0 Å².